The first-order valence-electron chi connectivity index (χ1n) is 12.4. The van der Waals surface area contributed by atoms with Crippen molar-refractivity contribution in [2.24, 2.45) is 5.92 Å². The summed E-state index contributed by atoms with van der Waals surface area (Å²) in [5.74, 6) is -1.98. The molecule has 210 valence electrons. The number of carboxylic acids is 1. The van der Waals surface area contributed by atoms with Crippen molar-refractivity contribution in [3.63, 3.8) is 0 Å². The Bertz CT molecular complexity index is 1360. The fourth-order valence-corrected chi connectivity index (χ4v) is 5.83. The molecule has 3 fully saturated rings. The van der Waals surface area contributed by atoms with Crippen molar-refractivity contribution in [1.29, 1.82) is 0 Å². The van der Waals surface area contributed by atoms with Crippen molar-refractivity contribution in [3.05, 3.63) is 42.5 Å². The number of aliphatic carboxylic acids is 1. The maximum absolute atomic E-state index is 12.9. The molecule has 39 heavy (non-hydrogen) atoms. The van der Waals surface area contributed by atoms with Crippen LogP contribution in [0, 0.1) is 5.92 Å². The first-order valence-corrected chi connectivity index (χ1v) is 12.4. The number of ether oxygens (including phenoxy) is 2. The standard InChI is InChI=1S/C25H27F3N6O4.CH4/c1-24(2)37-19-16(23(35)36)9-17(20(19)38-24)34-12-31-18-21(29-11-30-22(18)34)32-14-7-8-33(10-14)15-5-3-13(4-6-15)25(26,27)28;/h3-6,11-12,14,16-17,19-20H,7-10H2,1-2H3,(H,35,36)(H,29,30,32);1H4/t14-,16-,17+,19+,20-;/m0./s1. The van der Waals surface area contributed by atoms with Crippen LogP contribution in [-0.2, 0) is 20.4 Å². The molecule has 1 aromatic carbocycles. The quantitative estimate of drug-likeness (QED) is 0.481. The third-order valence-electron chi connectivity index (χ3n) is 7.56. The number of nitrogens with one attached hydrogen (secondary N) is 1. The SMILES string of the molecule is C.CC1(C)O[C@@H]2[C@H](O1)[C@@H](C(=O)O)C[C@H]2n1cnc2c(N[C@H]3CCN(c4ccc(C(F)(F)F)cc4)C3)ncnc21. The number of benzene rings is 1. The lowest BCUT2D eigenvalue weighted by Gasteiger charge is -2.23. The summed E-state index contributed by atoms with van der Waals surface area (Å²) in [7, 11) is 0. The van der Waals surface area contributed by atoms with Crippen LogP contribution in [0.2, 0.25) is 0 Å². The van der Waals surface area contributed by atoms with Gasteiger partial charge in [0.1, 0.15) is 24.1 Å². The van der Waals surface area contributed by atoms with Crippen LogP contribution in [-0.4, -0.2) is 67.7 Å². The van der Waals surface area contributed by atoms with E-state index >= 15 is 0 Å². The van der Waals surface area contributed by atoms with Gasteiger partial charge in [-0.15, -0.1) is 0 Å². The summed E-state index contributed by atoms with van der Waals surface area (Å²) in [6, 6.07) is 4.85. The molecule has 2 N–H and O–H groups in total. The van der Waals surface area contributed by atoms with Gasteiger partial charge < -0.3 is 29.4 Å². The van der Waals surface area contributed by atoms with Crippen molar-refractivity contribution in [2.45, 2.75) is 70.4 Å². The number of carbonyl (C=O) groups is 1. The molecule has 4 heterocycles. The van der Waals surface area contributed by atoms with Crippen LogP contribution in [0.1, 0.15) is 45.7 Å². The molecule has 6 rings (SSSR count). The van der Waals surface area contributed by atoms with Crippen molar-refractivity contribution in [2.75, 3.05) is 23.3 Å². The third kappa shape index (κ3) is 4.89. The van der Waals surface area contributed by atoms with Gasteiger partial charge >= 0.3 is 12.1 Å². The predicted molar refractivity (Wildman–Crippen MR) is 136 cm³/mol. The van der Waals surface area contributed by atoms with Crippen LogP contribution >= 0.6 is 0 Å². The molecular formula is C26H31F3N6O4. The van der Waals surface area contributed by atoms with E-state index in [0.717, 1.165) is 24.2 Å². The van der Waals surface area contributed by atoms with E-state index in [0.29, 0.717) is 36.5 Å². The lowest BCUT2D eigenvalue weighted by Crippen LogP contribution is -2.30. The molecule has 0 amide bonds. The van der Waals surface area contributed by atoms with Gasteiger partial charge in [-0.25, -0.2) is 15.0 Å². The van der Waals surface area contributed by atoms with E-state index in [1.807, 2.05) is 9.47 Å². The first-order chi connectivity index (χ1) is 18.0. The molecule has 1 aliphatic carbocycles. The fourth-order valence-electron chi connectivity index (χ4n) is 5.83. The van der Waals surface area contributed by atoms with E-state index in [2.05, 4.69) is 20.3 Å². The minimum atomic E-state index is -4.36. The molecule has 10 nitrogen and oxygen atoms in total. The lowest BCUT2D eigenvalue weighted by atomic mass is 10.1. The van der Waals surface area contributed by atoms with Gasteiger partial charge in [0, 0.05) is 24.8 Å². The number of rotatable bonds is 5. The van der Waals surface area contributed by atoms with Crippen LogP contribution in [0.3, 0.4) is 0 Å². The van der Waals surface area contributed by atoms with Crippen molar-refractivity contribution < 1.29 is 32.5 Å². The number of nitrogens with zero attached hydrogens (tertiary/aromatic N) is 5. The number of halogens is 3. The molecular weight excluding hydrogens is 517 g/mol. The Morgan fingerprint density at radius 1 is 1.13 bits per heavy atom. The Labute approximate surface area is 223 Å². The molecule has 0 unspecified atom stereocenters. The smallest absolute Gasteiger partial charge is 0.416 e. The highest BCUT2D eigenvalue weighted by molar-refractivity contribution is 5.83. The Morgan fingerprint density at radius 2 is 1.85 bits per heavy atom. The highest BCUT2D eigenvalue weighted by Crippen LogP contribution is 2.47. The number of alkyl halides is 3. The molecule has 2 aliphatic heterocycles. The fraction of sp³-hybridized carbons (Fsp3) is 0.538. The summed E-state index contributed by atoms with van der Waals surface area (Å²) in [5.41, 5.74) is 1.16. The number of imidazole rings is 1. The summed E-state index contributed by atoms with van der Waals surface area (Å²) in [6.45, 7) is 4.81. The molecule has 13 heteroatoms. The normalized spacial score (nSPS) is 27.9. The van der Waals surface area contributed by atoms with Gasteiger partial charge in [0.2, 0.25) is 0 Å². The molecule has 2 saturated heterocycles. The maximum Gasteiger partial charge on any atom is 0.416 e. The molecule has 0 bridgehead atoms. The molecule has 0 spiro atoms. The number of hydrogen-bond donors (Lipinski definition) is 2. The second-order valence-corrected chi connectivity index (χ2v) is 10.5. The van der Waals surface area contributed by atoms with Gasteiger partial charge in [-0.1, -0.05) is 7.43 Å². The zero-order valence-electron chi connectivity index (χ0n) is 20.7. The van der Waals surface area contributed by atoms with Crippen LogP contribution < -0.4 is 10.2 Å². The topological polar surface area (TPSA) is 115 Å². The Kier molecular flexibility index (Phi) is 6.70. The minimum Gasteiger partial charge on any atom is -0.481 e. The van der Waals surface area contributed by atoms with Crippen LogP contribution in [0.4, 0.5) is 24.7 Å². The Balaban J connectivity index is 0.00000308. The summed E-state index contributed by atoms with van der Waals surface area (Å²) in [6.07, 6.45) is -1.24. The zero-order valence-corrected chi connectivity index (χ0v) is 20.7. The van der Waals surface area contributed by atoms with Gasteiger partial charge in [-0.2, -0.15) is 13.2 Å². The number of hydrogen-bond acceptors (Lipinski definition) is 8. The van der Waals surface area contributed by atoms with Crippen LogP contribution in [0.25, 0.3) is 11.2 Å². The molecule has 2 aromatic heterocycles. The highest BCUT2D eigenvalue weighted by Gasteiger charge is 2.57. The molecule has 1 saturated carbocycles. The number of carboxylic acid groups (broad SMARTS) is 1. The Hall–Kier alpha value is -3.45. The second kappa shape index (κ2) is 9.63. The molecule has 3 aromatic rings. The minimum absolute atomic E-state index is 0. The van der Waals surface area contributed by atoms with Gasteiger partial charge in [0.25, 0.3) is 0 Å². The van der Waals surface area contributed by atoms with Crippen molar-refractivity contribution in [1.82, 2.24) is 19.5 Å². The zero-order chi connectivity index (χ0) is 26.8. The monoisotopic (exact) mass is 548 g/mol. The third-order valence-corrected chi connectivity index (χ3v) is 7.56. The maximum atomic E-state index is 12.9. The number of aromatic nitrogens is 4. The number of fused-ring (bicyclic) bond motifs is 2. The summed E-state index contributed by atoms with van der Waals surface area (Å²) >= 11 is 0. The summed E-state index contributed by atoms with van der Waals surface area (Å²) in [5, 5.41) is 13.2. The van der Waals surface area contributed by atoms with E-state index in [1.165, 1.54) is 18.5 Å². The highest BCUT2D eigenvalue weighted by atomic mass is 19.4. The van der Waals surface area contributed by atoms with Crippen LogP contribution in [0.15, 0.2) is 36.9 Å². The van der Waals surface area contributed by atoms with E-state index in [9.17, 15) is 23.1 Å². The average Bonchev–Trinajstić information content (AvgIpc) is 3.61. The molecule has 5 atom stereocenters. The van der Waals surface area contributed by atoms with E-state index in [-0.39, 0.29) is 19.5 Å². The lowest BCUT2D eigenvalue weighted by molar-refractivity contribution is -0.167. The van der Waals surface area contributed by atoms with Crippen LogP contribution in [0.5, 0.6) is 0 Å². The average molecular weight is 549 g/mol. The summed E-state index contributed by atoms with van der Waals surface area (Å²) < 4.78 is 52.6. The van der Waals surface area contributed by atoms with Crippen molar-refractivity contribution >= 4 is 28.6 Å². The first kappa shape index (κ1) is 27.1. The van der Waals surface area contributed by atoms with E-state index < -0.39 is 41.6 Å². The van der Waals surface area contributed by atoms with E-state index in [4.69, 9.17) is 9.47 Å². The summed E-state index contributed by atoms with van der Waals surface area (Å²) in [4.78, 5) is 27.3. The molecule has 3 aliphatic rings. The second-order valence-electron chi connectivity index (χ2n) is 10.5. The largest absolute Gasteiger partial charge is 0.481 e. The van der Waals surface area contributed by atoms with E-state index in [1.54, 1.807) is 20.2 Å². The van der Waals surface area contributed by atoms with Gasteiger partial charge in [0.05, 0.1) is 23.9 Å². The number of anilines is 2. The molecule has 0 radical (unpaired) electrons. The predicted octanol–water partition coefficient (Wildman–Crippen LogP) is 4.34. The van der Waals surface area contributed by atoms with Gasteiger partial charge in [-0.3, -0.25) is 4.79 Å². The van der Waals surface area contributed by atoms with Gasteiger partial charge in [0.15, 0.2) is 17.3 Å². The van der Waals surface area contributed by atoms with Gasteiger partial charge in [-0.05, 0) is 51.0 Å². The van der Waals surface area contributed by atoms with Crippen molar-refractivity contribution in [3.8, 4) is 0 Å². The Morgan fingerprint density at radius 3 is 2.54 bits per heavy atom.